The third kappa shape index (κ3) is 12.0. The van der Waals surface area contributed by atoms with Crippen molar-refractivity contribution in [2.75, 3.05) is 0 Å². The Morgan fingerprint density at radius 2 is 2.11 bits per heavy atom. The van der Waals surface area contributed by atoms with Crippen LogP contribution in [0.15, 0.2) is 11.5 Å². The van der Waals surface area contributed by atoms with Gasteiger partial charge in [0.05, 0.1) is 5.41 Å². The molecule has 0 aliphatic rings. The summed E-state index contributed by atoms with van der Waals surface area (Å²) in [6.45, 7) is 1.78. The maximum absolute atomic E-state index is 9.86. The summed E-state index contributed by atoms with van der Waals surface area (Å²) in [4.78, 5) is 0. The summed E-state index contributed by atoms with van der Waals surface area (Å²) in [5.41, 5.74) is 0. The molecule has 0 rings (SSSR count). The standard InChI is InChI=1S/C4H8O3S.Na.H/c1-2-3-4-8(5,6)7;;/h3-4H,2H2,1H3,(H,5,6,7);;/q;+1;-1/b4-3+;;. The fourth-order valence-electron chi connectivity index (χ4n) is 0.218. The van der Waals surface area contributed by atoms with Crippen LogP contribution < -0.4 is 29.6 Å². The van der Waals surface area contributed by atoms with E-state index in [2.05, 4.69) is 0 Å². The fourth-order valence-corrected chi connectivity index (χ4v) is 0.653. The molecule has 5 heteroatoms. The van der Waals surface area contributed by atoms with Crippen molar-refractivity contribution < 1.29 is 44.0 Å². The minimum absolute atomic E-state index is 0. The van der Waals surface area contributed by atoms with E-state index < -0.39 is 10.1 Å². The maximum atomic E-state index is 9.86. The van der Waals surface area contributed by atoms with Gasteiger partial charge in [-0.15, -0.1) is 0 Å². The second kappa shape index (κ2) is 5.44. The van der Waals surface area contributed by atoms with Crippen molar-refractivity contribution in [1.29, 1.82) is 0 Å². The Bertz CT molecular complexity index is 175. The summed E-state index contributed by atoms with van der Waals surface area (Å²) >= 11 is 0. The van der Waals surface area contributed by atoms with Gasteiger partial charge in [-0.1, -0.05) is 13.0 Å². The molecule has 0 aliphatic carbocycles. The van der Waals surface area contributed by atoms with Crippen molar-refractivity contribution in [3.8, 4) is 0 Å². The fraction of sp³-hybridized carbons (Fsp3) is 0.500. The summed E-state index contributed by atoms with van der Waals surface area (Å²) < 4.78 is 27.8. The summed E-state index contributed by atoms with van der Waals surface area (Å²) in [5.74, 6) is 0. The van der Waals surface area contributed by atoms with Crippen LogP contribution in [0.2, 0.25) is 0 Å². The van der Waals surface area contributed by atoms with Gasteiger partial charge in [-0.05, 0) is 6.42 Å². The van der Waals surface area contributed by atoms with Crippen molar-refractivity contribution in [3.63, 3.8) is 0 Å². The van der Waals surface area contributed by atoms with Crippen LogP contribution in [0.1, 0.15) is 14.8 Å². The second-order valence-corrected chi connectivity index (χ2v) is 2.60. The van der Waals surface area contributed by atoms with Gasteiger partial charge in [-0.25, -0.2) is 0 Å². The molecule has 0 atom stereocenters. The third-order valence-corrected chi connectivity index (χ3v) is 1.04. The smallest absolute Gasteiger partial charge is 1.00 e. The summed E-state index contributed by atoms with van der Waals surface area (Å²) in [7, 11) is -3.87. The average molecular weight is 160 g/mol. The topological polar surface area (TPSA) is 54.4 Å². The van der Waals surface area contributed by atoms with E-state index >= 15 is 0 Å². The first kappa shape index (κ1) is 12.3. The largest absolute Gasteiger partial charge is 1.00 e. The van der Waals surface area contributed by atoms with Crippen molar-refractivity contribution in [3.05, 3.63) is 11.5 Å². The summed E-state index contributed by atoms with van der Waals surface area (Å²) in [6, 6.07) is 0. The molecule has 0 heterocycles. The van der Waals surface area contributed by atoms with E-state index in [0.717, 1.165) is 5.41 Å². The molecule has 0 unspecified atom stereocenters. The number of allylic oxidation sites excluding steroid dienone is 1. The molecule has 0 fully saturated rings. The number of hydrogen-bond acceptors (Lipinski definition) is 2. The Hall–Kier alpha value is 0.650. The first-order chi connectivity index (χ1) is 3.56. The van der Waals surface area contributed by atoms with E-state index in [1.54, 1.807) is 6.92 Å². The predicted octanol–water partition coefficient (Wildman–Crippen LogP) is -2.09. The molecular formula is C4H9NaO3S. The van der Waals surface area contributed by atoms with Crippen molar-refractivity contribution in [1.82, 2.24) is 0 Å². The van der Waals surface area contributed by atoms with Crippen LogP contribution >= 0.6 is 0 Å². The maximum Gasteiger partial charge on any atom is 1.00 e. The number of rotatable bonds is 2. The van der Waals surface area contributed by atoms with E-state index in [0.29, 0.717) is 6.42 Å². The molecular weight excluding hydrogens is 151 g/mol. The Balaban J connectivity index is -0.000000245. The molecule has 0 amide bonds. The van der Waals surface area contributed by atoms with Gasteiger partial charge in [-0.3, -0.25) is 4.55 Å². The summed E-state index contributed by atoms with van der Waals surface area (Å²) in [5, 5.41) is 0.771. The van der Waals surface area contributed by atoms with Gasteiger partial charge >= 0.3 is 29.6 Å². The quantitative estimate of drug-likeness (QED) is 0.372. The van der Waals surface area contributed by atoms with Gasteiger partial charge in [0.25, 0.3) is 10.1 Å². The van der Waals surface area contributed by atoms with Crippen molar-refractivity contribution >= 4 is 10.1 Å². The molecule has 0 aromatic carbocycles. The van der Waals surface area contributed by atoms with Gasteiger partial charge in [0, 0.05) is 0 Å². The van der Waals surface area contributed by atoms with Gasteiger partial charge in [0.15, 0.2) is 0 Å². The third-order valence-electron chi connectivity index (χ3n) is 0.504. The zero-order valence-electron chi connectivity index (χ0n) is 6.53. The normalized spacial score (nSPS) is 11.3. The van der Waals surface area contributed by atoms with Crippen LogP contribution in [0.5, 0.6) is 0 Å². The van der Waals surface area contributed by atoms with E-state index in [1.165, 1.54) is 6.08 Å². The molecule has 0 bridgehead atoms. The van der Waals surface area contributed by atoms with E-state index in [4.69, 9.17) is 4.55 Å². The average Bonchev–Trinajstić information content (AvgIpc) is 1.59. The number of hydrogen-bond donors (Lipinski definition) is 1. The zero-order valence-corrected chi connectivity index (χ0v) is 8.35. The first-order valence-corrected chi connectivity index (χ1v) is 3.70. The molecule has 0 spiro atoms. The molecule has 0 radical (unpaired) electrons. The zero-order chi connectivity index (χ0) is 6.62. The van der Waals surface area contributed by atoms with Crippen molar-refractivity contribution in [2.24, 2.45) is 0 Å². The molecule has 1 N–H and O–H groups in total. The first-order valence-electron chi connectivity index (χ1n) is 2.20. The van der Waals surface area contributed by atoms with Gasteiger partial charge in [0.1, 0.15) is 0 Å². The molecule has 0 aliphatic heterocycles. The monoisotopic (exact) mass is 160 g/mol. The van der Waals surface area contributed by atoms with Crippen molar-refractivity contribution in [2.45, 2.75) is 13.3 Å². The van der Waals surface area contributed by atoms with Gasteiger partial charge in [-0.2, -0.15) is 8.42 Å². The molecule has 3 nitrogen and oxygen atoms in total. The summed E-state index contributed by atoms with van der Waals surface area (Å²) in [6.07, 6.45) is 1.98. The van der Waals surface area contributed by atoms with Crippen LogP contribution in [-0.2, 0) is 10.1 Å². The minimum atomic E-state index is -3.87. The molecule has 0 aromatic heterocycles. The predicted molar refractivity (Wildman–Crippen MR) is 32.1 cm³/mol. The molecule has 0 saturated heterocycles. The Morgan fingerprint density at radius 1 is 1.67 bits per heavy atom. The van der Waals surface area contributed by atoms with E-state index in [-0.39, 0.29) is 31.0 Å². The molecule has 50 valence electrons. The molecule has 0 aromatic rings. The van der Waals surface area contributed by atoms with Crippen LogP contribution in [0.3, 0.4) is 0 Å². The second-order valence-electron chi connectivity index (χ2n) is 1.30. The Kier molecular flexibility index (Phi) is 7.45. The Labute approximate surface area is 78.7 Å². The van der Waals surface area contributed by atoms with Crippen LogP contribution in [0.25, 0.3) is 0 Å². The molecule has 0 saturated carbocycles. The van der Waals surface area contributed by atoms with Crippen LogP contribution in [0, 0.1) is 0 Å². The van der Waals surface area contributed by atoms with E-state index in [1.807, 2.05) is 0 Å². The van der Waals surface area contributed by atoms with Gasteiger partial charge in [0.2, 0.25) is 0 Å². The van der Waals surface area contributed by atoms with Crippen LogP contribution in [-0.4, -0.2) is 13.0 Å². The SMILES string of the molecule is CC/C=C/S(=O)(=O)O.[H-].[Na+]. The van der Waals surface area contributed by atoms with E-state index in [9.17, 15) is 8.42 Å². The Morgan fingerprint density at radius 3 is 2.22 bits per heavy atom. The molecule has 9 heavy (non-hydrogen) atoms. The van der Waals surface area contributed by atoms with Gasteiger partial charge < -0.3 is 1.43 Å². The minimum Gasteiger partial charge on any atom is -1.00 e. The van der Waals surface area contributed by atoms with Crippen LogP contribution in [0.4, 0.5) is 0 Å².